The highest BCUT2D eigenvalue weighted by atomic mass is 16.6. The Kier molecular flexibility index (Phi) is 50.4. The number of Topliss-reactive ketones (excluding diaryl/α,β-unsaturated/α-hetero) is 4. The third-order valence-electron chi connectivity index (χ3n) is 23.0. The number of cyclic esters (lactones) is 2. The molecule has 772 valence electrons. The monoisotopic (exact) mass is 1970 g/mol. The lowest BCUT2D eigenvalue weighted by Crippen LogP contribution is -2.39. The number of aliphatic hydroxyl groups excluding tert-OH is 6. The molecule has 0 aromatic rings. The number of allylic oxidation sites excluding steroid dienone is 40. The third-order valence-corrected chi connectivity index (χ3v) is 23.0. The van der Waals surface area contributed by atoms with E-state index in [-0.39, 0.29) is 91.8 Å². The molecule has 0 saturated carbocycles. The van der Waals surface area contributed by atoms with Gasteiger partial charge in [-0.2, -0.15) is 0 Å². The van der Waals surface area contributed by atoms with Gasteiger partial charge in [0.2, 0.25) is 11.5 Å². The summed E-state index contributed by atoms with van der Waals surface area (Å²) in [6.45, 7) is 45.5. The van der Waals surface area contributed by atoms with Crippen molar-refractivity contribution in [3.05, 3.63) is 282 Å². The Bertz CT molecular complexity index is 5490. The Morgan fingerprint density at radius 1 is 0.331 bits per heavy atom. The van der Waals surface area contributed by atoms with Crippen molar-refractivity contribution in [3.8, 4) is 0 Å². The Morgan fingerprint density at radius 3 is 0.817 bits per heavy atom. The van der Waals surface area contributed by atoms with E-state index in [0.717, 1.165) is 50.2 Å². The summed E-state index contributed by atoms with van der Waals surface area (Å²) < 4.78 is 40.2. The van der Waals surface area contributed by atoms with E-state index in [1.807, 2.05) is 270 Å². The molecule has 6 aliphatic rings. The average Bonchev–Trinajstić information content (AvgIpc) is 1.48. The summed E-state index contributed by atoms with van der Waals surface area (Å²) in [5, 5.41) is 74.9. The lowest BCUT2D eigenvalue weighted by molar-refractivity contribution is -0.160. The van der Waals surface area contributed by atoms with Crippen LogP contribution in [0.15, 0.2) is 282 Å². The number of hydrogen-bond acceptors (Lipinski definition) is 28. The molecule has 4 unspecified atom stereocenters. The number of esters is 8. The summed E-state index contributed by atoms with van der Waals surface area (Å²) >= 11 is 0. The van der Waals surface area contributed by atoms with Gasteiger partial charge in [0, 0.05) is 25.7 Å². The summed E-state index contributed by atoms with van der Waals surface area (Å²) in [6, 6.07) is 0. The minimum atomic E-state index is -1.63. The van der Waals surface area contributed by atoms with Crippen molar-refractivity contribution in [3.63, 3.8) is 0 Å². The van der Waals surface area contributed by atoms with Crippen LogP contribution in [-0.2, 0) is 105 Å². The van der Waals surface area contributed by atoms with Crippen molar-refractivity contribution in [1.82, 2.24) is 0 Å². The summed E-state index contributed by atoms with van der Waals surface area (Å²) in [7, 11) is 0. The van der Waals surface area contributed by atoms with Crippen molar-refractivity contribution < 1.29 is 146 Å². The number of aliphatic carboxylic acids is 2. The molecule has 0 aromatic carbocycles. The minimum absolute atomic E-state index is 0.203. The van der Waals surface area contributed by atoms with Gasteiger partial charge >= 0.3 is 59.7 Å². The van der Waals surface area contributed by atoms with Crippen LogP contribution < -0.4 is 0 Å². The van der Waals surface area contributed by atoms with Gasteiger partial charge in [0.15, 0.2) is 71.3 Å². The number of carboxylic acids is 2. The SMILES string of the molecule is C/C=C/C1=C(C)C(=O)C(OC(=O)CCC(=O)O)CC1(C)C.C/C=C/C=C(C)/C=C/C1=C(C)C(=O)C(OC(=O)CCC(=O)OC[C@H](O)[C@H]2OC(=O)C(O)=C2O)CC1(C)C.CC(C)=C/C=C/C(C)=C/C=C/C=C(C)/C=C/C=C(C)/C=C/C1=C(C)C(=O)C(OC(=O)CCC(=O)O)CC1(C)C.CC(C)=C/C=C/C=C(C)/C=C/C=C(C)/C=C/C1=C(C)C(=O)C(OC(=O)CCC(=O)OC[C@H](O)[C@H]2OC(=O)C(O)=C2O)CC1(C)C. The molecule has 30 nitrogen and oxygen atoms in total. The molecule has 0 bridgehead atoms. The zero-order valence-electron chi connectivity index (χ0n) is 86.2. The first kappa shape index (κ1) is 122. The topological polar surface area (TPSA) is 475 Å². The van der Waals surface area contributed by atoms with Gasteiger partial charge in [0.25, 0.3) is 0 Å². The fraction of sp³-hybridized carbons (Fsp3) is 0.446. The highest BCUT2D eigenvalue weighted by molar-refractivity contribution is 6.04. The van der Waals surface area contributed by atoms with Crippen LogP contribution in [0.2, 0.25) is 0 Å². The van der Waals surface area contributed by atoms with E-state index in [1.54, 1.807) is 27.7 Å². The highest BCUT2D eigenvalue weighted by Crippen LogP contribution is 2.45. The number of rotatable bonds is 40. The molecule has 0 amide bonds. The van der Waals surface area contributed by atoms with E-state index in [1.165, 1.54) is 16.7 Å². The smallest absolute Gasteiger partial charge is 0.377 e. The van der Waals surface area contributed by atoms with E-state index < -0.39 is 162 Å². The van der Waals surface area contributed by atoms with Gasteiger partial charge in [-0.15, -0.1) is 0 Å². The Labute approximate surface area is 833 Å². The number of ether oxygens (including phenoxy) is 8. The molecule has 0 saturated heterocycles. The second kappa shape index (κ2) is 58.5. The van der Waals surface area contributed by atoms with Crippen molar-refractivity contribution in [1.29, 1.82) is 0 Å². The van der Waals surface area contributed by atoms with E-state index in [9.17, 15) is 97.8 Å². The maximum Gasteiger partial charge on any atom is 0.377 e. The van der Waals surface area contributed by atoms with Crippen molar-refractivity contribution in [2.75, 3.05) is 13.2 Å². The van der Waals surface area contributed by atoms with Gasteiger partial charge in [-0.05, 0) is 177 Å². The summed E-state index contributed by atoms with van der Waals surface area (Å²) in [5.74, 6) is -13.9. The predicted octanol–water partition coefficient (Wildman–Crippen LogP) is 19.7. The van der Waals surface area contributed by atoms with Crippen LogP contribution >= 0.6 is 0 Å². The van der Waals surface area contributed by atoms with E-state index >= 15 is 0 Å². The molecule has 0 fully saturated rings. The third kappa shape index (κ3) is 41.6. The van der Waals surface area contributed by atoms with Crippen LogP contribution in [-0.4, -0.2) is 186 Å². The first-order chi connectivity index (χ1) is 66.2. The molecule has 6 rings (SSSR count). The van der Waals surface area contributed by atoms with Crippen LogP contribution in [0, 0.1) is 21.7 Å². The molecule has 142 heavy (non-hydrogen) atoms. The fourth-order valence-corrected chi connectivity index (χ4v) is 15.2. The van der Waals surface area contributed by atoms with Gasteiger partial charge < -0.3 is 78.7 Å². The largest absolute Gasteiger partial charge is 0.505 e. The van der Waals surface area contributed by atoms with Crippen molar-refractivity contribution in [2.24, 2.45) is 21.7 Å². The number of ketones is 4. The summed E-state index contributed by atoms with van der Waals surface area (Å²) in [5.41, 5.74) is 13.1. The fourth-order valence-electron chi connectivity index (χ4n) is 15.2. The number of carbonyl (C=O) groups excluding carboxylic acids is 12. The summed E-state index contributed by atoms with van der Waals surface area (Å²) in [4.78, 5) is 167. The van der Waals surface area contributed by atoms with Crippen LogP contribution in [0.25, 0.3) is 0 Å². The van der Waals surface area contributed by atoms with Crippen LogP contribution in [0.1, 0.15) is 243 Å². The standard InChI is InChI=1S/C35H44O10.C34H44O5.C27H34O10.C16H22O5/c1-21(2)11-8-9-12-22(3)13-10-14-23(4)15-16-25-24(5)30(39)27(19-35(25,6)7)44-29(38)18-17-28(37)43-20-26(36)33-31(40)32(41)34(42)45-33;1-24(2)13-11-16-25(3)14-9-10-15-26(4)17-12-18-27(5)19-20-29-28(6)33(38)30(23-34(29,7)8)39-32(37)22-21-31(35)36;1-6-7-8-15(2)9-10-17-16(3)22(31)19(13-27(17,4)5)36-21(30)12-11-20(29)35-14-18(28)25-23(32)24(33)26(34)37-25;1-5-6-11-10(2)15(20)12(9-16(11,3)4)21-14(19)8-7-13(17)18/h8-16,26-27,33,36,40-41H,17-20H2,1-7H3;9-20,30H,21-23H2,1-8H3,(H,35,36);6-10,18-19,25,28,32-33H,11-14H2,1-5H3;5-6,12H,7-9H2,1-4H3,(H,17,18)/b9-8+,13-10+,16-15+,22-12+,23-14+;10-9+,16-11+,17-12+,20-19+,25-14+,26-15+,27-18+;7-6+,10-9+,15-8+;6-5+/t26-,27?,33+;;18-,19?,25+;/m0.0./s1. The lowest BCUT2D eigenvalue weighted by atomic mass is 9.71. The average molecular weight is 1970 g/mol. The van der Waals surface area contributed by atoms with Gasteiger partial charge in [0.05, 0.1) is 51.4 Å². The molecule has 0 spiro atoms. The van der Waals surface area contributed by atoms with Crippen LogP contribution in [0.5, 0.6) is 0 Å². The molecular weight excluding hydrogens is 1830 g/mol. The molecule has 0 radical (unpaired) electrons. The van der Waals surface area contributed by atoms with Crippen molar-refractivity contribution in [2.45, 2.75) is 292 Å². The molecule has 2 heterocycles. The summed E-state index contributed by atoms with van der Waals surface area (Å²) in [6.07, 6.45) is 44.3. The molecule has 2 aliphatic heterocycles. The van der Waals surface area contributed by atoms with Crippen LogP contribution in [0.4, 0.5) is 0 Å². The highest BCUT2D eigenvalue weighted by Gasteiger charge is 2.46. The van der Waals surface area contributed by atoms with Gasteiger partial charge in [0.1, 0.15) is 25.4 Å². The second-order valence-electron chi connectivity index (χ2n) is 38.1. The zero-order valence-corrected chi connectivity index (χ0v) is 86.2. The van der Waals surface area contributed by atoms with E-state index in [4.69, 9.17) is 38.6 Å². The normalized spacial score (nSPS) is 21.3. The molecule has 8 N–H and O–H groups in total. The predicted molar refractivity (Wildman–Crippen MR) is 539 cm³/mol. The number of carbonyl (C=O) groups is 14. The second-order valence-corrected chi connectivity index (χ2v) is 38.1. The Balaban J connectivity index is 0.000000500. The Hall–Kier alpha value is -13.7. The van der Waals surface area contributed by atoms with E-state index in [2.05, 4.69) is 48.5 Å². The zero-order chi connectivity index (χ0) is 108. The molecule has 30 heteroatoms. The minimum Gasteiger partial charge on any atom is -0.505 e. The first-order valence-corrected chi connectivity index (χ1v) is 46.8. The molecular formula is C112H144O30. The first-order valence-electron chi connectivity index (χ1n) is 46.8. The number of carboxylic acid groups (broad SMARTS) is 2. The van der Waals surface area contributed by atoms with Crippen LogP contribution in [0.3, 0.4) is 0 Å². The lowest BCUT2D eigenvalue weighted by Gasteiger charge is -2.36. The number of aliphatic hydroxyl groups is 6. The quantitative estimate of drug-likeness (QED) is 0.0160. The van der Waals surface area contributed by atoms with Gasteiger partial charge in [-0.1, -0.05) is 270 Å². The Morgan fingerprint density at radius 2 is 0.563 bits per heavy atom. The number of hydrogen-bond donors (Lipinski definition) is 8. The molecule has 0 aromatic heterocycles. The van der Waals surface area contributed by atoms with Gasteiger partial charge in [-0.3, -0.25) is 57.5 Å². The molecule has 4 aliphatic carbocycles. The van der Waals surface area contributed by atoms with Gasteiger partial charge in [-0.25, -0.2) is 9.59 Å². The molecule has 8 atom stereocenters. The maximum absolute atomic E-state index is 13.1. The van der Waals surface area contributed by atoms with Crippen molar-refractivity contribution >= 4 is 82.8 Å². The maximum atomic E-state index is 13.1. The van der Waals surface area contributed by atoms with E-state index in [0.29, 0.717) is 35.1 Å².